The van der Waals surface area contributed by atoms with Crippen LogP contribution in [0.5, 0.6) is 0 Å². The van der Waals surface area contributed by atoms with Crippen molar-refractivity contribution in [3.05, 3.63) is 48.0 Å². The smallest absolute Gasteiger partial charge is 0.132 e. The Balaban J connectivity index is 2.13. The summed E-state index contributed by atoms with van der Waals surface area (Å²) in [5.41, 5.74) is 2.48. The molecule has 20 heavy (non-hydrogen) atoms. The molecule has 0 aliphatic rings. The molecule has 3 nitrogen and oxygen atoms in total. The van der Waals surface area contributed by atoms with Crippen molar-refractivity contribution in [1.82, 2.24) is 4.98 Å². The molecule has 1 aromatic heterocycles. The predicted octanol–water partition coefficient (Wildman–Crippen LogP) is 4.60. The average molecular weight is 269 g/mol. The second-order valence-electron chi connectivity index (χ2n) is 4.87. The number of hydrogen-bond acceptors (Lipinski definition) is 3. The van der Waals surface area contributed by atoms with Crippen LogP contribution < -0.4 is 10.6 Å². The summed E-state index contributed by atoms with van der Waals surface area (Å²) in [7, 11) is 0. The Morgan fingerprint density at radius 3 is 2.50 bits per heavy atom. The van der Waals surface area contributed by atoms with E-state index in [1.165, 1.54) is 5.56 Å². The van der Waals surface area contributed by atoms with Crippen LogP contribution in [-0.4, -0.2) is 11.5 Å². The van der Waals surface area contributed by atoms with E-state index in [0.29, 0.717) is 0 Å². The van der Waals surface area contributed by atoms with Gasteiger partial charge in [-0.05, 0) is 36.6 Å². The molecule has 2 N–H and O–H groups in total. The molecule has 0 bridgehead atoms. The van der Waals surface area contributed by atoms with Gasteiger partial charge in [0.25, 0.3) is 0 Å². The van der Waals surface area contributed by atoms with Crippen LogP contribution >= 0.6 is 0 Å². The van der Waals surface area contributed by atoms with E-state index in [-0.39, 0.29) is 0 Å². The number of nitrogens with one attached hydrogen (secondary N) is 2. The molecule has 2 rings (SSSR count). The van der Waals surface area contributed by atoms with Crippen LogP contribution in [-0.2, 0) is 6.42 Å². The van der Waals surface area contributed by atoms with E-state index in [0.717, 1.165) is 43.1 Å². The minimum atomic E-state index is 0.884. The van der Waals surface area contributed by atoms with Crippen molar-refractivity contribution in [3.63, 3.8) is 0 Å². The number of aromatic nitrogens is 1. The van der Waals surface area contributed by atoms with Crippen molar-refractivity contribution in [2.75, 3.05) is 17.2 Å². The molecule has 106 valence electrons. The monoisotopic (exact) mass is 269 g/mol. The third-order valence-corrected chi connectivity index (χ3v) is 3.10. The lowest BCUT2D eigenvalue weighted by Crippen LogP contribution is -2.04. The van der Waals surface area contributed by atoms with Gasteiger partial charge in [-0.15, -0.1) is 0 Å². The number of pyridine rings is 1. The topological polar surface area (TPSA) is 37.0 Å². The molecule has 0 spiro atoms. The van der Waals surface area contributed by atoms with Gasteiger partial charge in [-0.3, -0.25) is 0 Å². The molecule has 0 atom stereocenters. The van der Waals surface area contributed by atoms with Gasteiger partial charge in [0.2, 0.25) is 0 Å². The Labute approximate surface area is 121 Å². The van der Waals surface area contributed by atoms with Crippen molar-refractivity contribution >= 4 is 17.3 Å². The highest BCUT2D eigenvalue weighted by molar-refractivity contribution is 5.61. The Morgan fingerprint density at radius 2 is 1.70 bits per heavy atom. The van der Waals surface area contributed by atoms with Gasteiger partial charge in [0.1, 0.15) is 11.6 Å². The minimum absolute atomic E-state index is 0.884. The molecule has 0 aliphatic heterocycles. The van der Waals surface area contributed by atoms with E-state index in [1.807, 2.05) is 18.2 Å². The van der Waals surface area contributed by atoms with Gasteiger partial charge in [0.05, 0.1) is 0 Å². The van der Waals surface area contributed by atoms with Crippen LogP contribution in [0, 0.1) is 0 Å². The molecule has 0 saturated carbocycles. The first-order valence-corrected chi connectivity index (χ1v) is 7.39. The highest BCUT2D eigenvalue weighted by Gasteiger charge is 2.02. The standard InChI is InChI=1S/C17H23N3/c1-3-8-14-9-5-6-10-15(14)19-17-12-7-11-16(20-17)18-13-4-2/h5-7,9-12H,3-4,8,13H2,1-2H3,(H2,18,19,20). The summed E-state index contributed by atoms with van der Waals surface area (Å²) >= 11 is 0. The van der Waals surface area contributed by atoms with E-state index < -0.39 is 0 Å². The Kier molecular flexibility index (Phi) is 5.42. The molecular weight excluding hydrogens is 246 g/mol. The highest BCUT2D eigenvalue weighted by atomic mass is 15.1. The zero-order valence-electron chi connectivity index (χ0n) is 12.3. The quantitative estimate of drug-likeness (QED) is 0.771. The van der Waals surface area contributed by atoms with Gasteiger partial charge in [-0.25, -0.2) is 4.98 Å². The third-order valence-electron chi connectivity index (χ3n) is 3.10. The highest BCUT2D eigenvalue weighted by Crippen LogP contribution is 2.21. The van der Waals surface area contributed by atoms with E-state index in [1.54, 1.807) is 0 Å². The molecule has 0 fully saturated rings. The SMILES string of the molecule is CCCNc1cccc(Nc2ccccc2CCC)n1. The molecular formula is C17H23N3. The maximum Gasteiger partial charge on any atom is 0.132 e. The second kappa shape index (κ2) is 7.53. The van der Waals surface area contributed by atoms with Crippen LogP contribution in [0.3, 0.4) is 0 Å². The number of nitrogens with zero attached hydrogens (tertiary/aromatic N) is 1. The number of hydrogen-bond donors (Lipinski definition) is 2. The summed E-state index contributed by atoms with van der Waals surface area (Å²) < 4.78 is 0. The maximum atomic E-state index is 4.58. The summed E-state index contributed by atoms with van der Waals surface area (Å²) in [6.45, 7) is 5.29. The minimum Gasteiger partial charge on any atom is -0.370 e. The van der Waals surface area contributed by atoms with Crippen LogP contribution in [0.4, 0.5) is 17.3 Å². The lowest BCUT2D eigenvalue weighted by atomic mass is 10.1. The van der Waals surface area contributed by atoms with Crippen LogP contribution in [0.15, 0.2) is 42.5 Å². The van der Waals surface area contributed by atoms with Crippen molar-refractivity contribution in [2.45, 2.75) is 33.1 Å². The zero-order chi connectivity index (χ0) is 14.2. The van der Waals surface area contributed by atoms with Crippen molar-refractivity contribution in [2.24, 2.45) is 0 Å². The first-order valence-electron chi connectivity index (χ1n) is 7.39. The van der Waals surface area contributed by atoms with Gasteiger partial charge in [0, 0.05) is 12.2 Å². The van der Waals surface area contributed by atoms with E-state index >= 15 is 0 Å². The molecule has 0 saturated heterocycles. The summed E-state index contributed by atoms with van der Waals surface area (Å²) in [5, 5.41) is 6.73. The number of anilines is 3. The largest absolute Gasteiger partial charge is 0.370 e. The summed E-state index contributed by atoms with van der Waals surface area (Å²) in [6, 6.07) is 14.4. The fourth-order valence-electron chi connectivity index (χ4n) is 2.12. The van der Waals surface area contributed by atoms with E-state index in [9.17, 15) is 0 Å². The van der Waals surface area contributed by atoms with Crippen LogP contribution in [0.25, 0.3) is 0 Å². The number of benzene rings is 1. The van der Waals surface area contributed by atoms with Gasteiger partial charge in [-0.1, -0.05) is 44.5 Å². The first kappa shape index (κ1) is 14.4. The predicted molar refractivity (Wildman–Crippen MR) is 86.7 cm³/mol. The molecule has 1 heterocycles. The second-order valence-corrected chi connectivity index (χ2v) is 4.87. The Morgan fingerprint density at radius 1 is 0.900 bits per heavy atom. The van der Waals surface area contributed by atoms with Gasteiger partial charge >= 0.3 is 0 Å². The zero-order valence-corrected chi connectivity index (χ0v) is 12.3. The summed E-state index contributed by atoms with van der Waals surface area (Å²) in [5.74, 6) is 1.81. The van der Waals surface area contributed by atoms with Crippen molar-refractivity contribution in [1.29, 1.82) is 0 Å². The molecule has 1 aromatic carbocycles. The number of aryl methyl sites for hydroxylation is 1. The van der Waals surface area contributed by atoms with Crippen LogP contribution in [0.1, 0.15) is 32.3 Å². The maximum absolute atomic E-state index is 4.58. The lowest BCUT2D eigenvalue weighted by molar-refractivity contribution is 0.923. The summed E-state index contributed by atoms with van der Waals surface area (Å²) in [6.07, 6.45) is 3.32. The van der Waals surface area contributed by atoms with Crippen molar-refractivity contribution < 1.29 is 0 Å². The normalized spacial score (nSPS) is 10.3. The van der Waals surface area contributed by atoms with Crippen molar-refractivity contribution in [3.8, 4) is 0 Å². The van der Waals surface area contributed by atoms with Gasteiger partial charge in [-0.2, -0.15) is 0 Å². The molecule has 2 aromatic rings. The summed E-state index contributed by atoms with van der Waals surface area (Å²) in [4.78, 5) is 4.58. The lowest BCUT2D eigenvalue weighted by Gasteiger charge is -2.12. The number of para-hydroxylation sites is 1. The Bertz CT molecular complexity index is 537. The Hall–Kier alpha value is -2.03. The molecule has 0 aliphatic carbocycles. The van der Waals surface area contributed by atoms with Gasteiger partial charge in [0.15, 0.2) is 0 Å². The average Bonchev–Trinajstić information content (AvgIpc) is 2.48. The first-order chi connectivity index (χ1) is 9.83. The van der Waals surface area contributed by atoms with Crippen LogP contribution in [0.2, 0.25) is 0 Å². The fraction of sp³-hybridized carbons (Fsp3) is 0.353. The third kappa shape index (κ3) is 3.98. The number of rotatable bonds is 7. The van der Waals surface area contributed by atoms with E-state index in [2.05, 4.69) is 53.7 Å². The molecule has 3 heteroatoms. The molecule has 0 amide bonds. The van der Waals surface area contributed by atoms with E-state index in [4.69, 9.17) is 0 Å². The molecule has 0 unspecified atom stereocenters. The molecule has 0 radical (unpaired) electrons. The fourth-order valence-corrected chi connectivity index (χ4v) is 2.12. The van der Waals surface area contributed by atoms with Gasteiger partial charge < -0.3 is 10.6 Å².